The monoisotopic (exact) mass is 261 g/mol. The molecule has 0 bridgehead atoms. The number of ether oxygens (including phenoxy) is 1. The fraction of sp³-hybridized carbons (Fsp3) is 0.429. The van der Waals surface area contributed by atoms with E-state index < -0.39 is 0 Å². The molecule has 5 nitrogen and oxygen atoms in total. The first-order valence-corrected chi connectivity index (χ1v) is 6.46. The molecule has 2 rings (SSSR count). The van der Waals surface area contributed by atoms with Crippen molar-refractivity contribution >= 4 is 5.91 Å². The number of methoxy groups -OCH3 is 1. The van der Waals surface area contributed by atoms with Crippen LogP contribution in [0.25, 0.3) is 0 Å². The van der Waals surface area contributed by atoms with Gasteiger partial charge in [-0.05, 0) is 25.5 Å². The molecule has 1 aliphatic rings. The van der Waals surface area contributed by atoms with Gasteiger partial charge in [-0.15, -0.1) is 0 Å². The van der Waals surface area contributed by atoms with Crippen LogP contribution in [0.4, 0.5) is 0 Å². The molecule has 0 fully saturated rings. The van der Waals surface area contributed by atoms with E-state index >= 15 is 0 Å². The van der Waals surface area contributed by atoms with E-state index in [1.54, 1.807) is 18.5 Å². The van der Waals surface area contributed by atoms with Crippen molar-refractivity contribution in [1.82, 2.24) is 15.6 Å². The van der Waals surface area contributed by atoms with E-state index in [0.717, 1.165) is 25.9 Å². The van der Waals surface area contributed by atoms with Gasteiger partial charge in [-0.2, -0.15) is 0 Å². The minimum Gasteiger partial charge on any atom is -0.494 e. The highest BCUT2D eigenvalue weighted by atomic mass is 16.5. The van der Waals surface area contributed by atoms with Gasteiger partial charge in [0.25, 0.3) is 5.91 Å². The second-order valence-electron chi connectivity index (χ2n) is 4.40. The summed E-state index contributed by atoms with van der Waals surface area (Å²) >= 11 is 0. The van der Waals surface area contributed by atoms with Crippen LogP contribution in [0.1, 0.15) is 23.2 Å². The molecular weight excluding hydrogens is 242 g/mol. The molecule has 1 aromatic rings. The SMILES string of the molecule is COc1cnccc1C(=O)NCCC1=CCNCC1. The van der Waals surface area contributed by atoms with Crippen LogP contribution in [-0.2, 0) is 0 Å². The molecule has 0 saturated carbocycles. The first-order chi connectivity index (χ1) is 9.31. The number of nitrogens with one attached hydrogen (secondary N) is 2. The number of rotatable bonds is 5. The first kappa shape index (κ1) is 13.5. The van der Waals surface area contributed by atoms with Crippen LogP contribution in [-0.4, -0.2) is 37.6 Å². The van der Waals surface area contributed by atoms with Crippen LogP contribution in [0.2, 0.25) is 0 Å². The summed E-state index contributed by atoms with van der Waals surface area (Å²) < 4.78 is 5.12. The van der Waals surface area contributed by atoms with Gasteiger partial charge < -0.3 is 15.4 Å². The van der Waals surface area contributed by atoms with Crippen molar-refractivity contribution in [3.05, 3.63) is 35.7 Å². The lowest BCUT2D eigenvalue weighted by Crippen LogP contribution is -2.27. The molecule has 0 atom stereocenters. The topological polar surface area (TPSA) is 63.2 Å². The maximum absolute atomic E-state index is 12.0. The third kappa shape index (κ3) is 3.79. The summed E-state index contributed by atoms with van der Waals surface area (Å²) in [6.45, 7) is 2.61. The third-order valence-electron chi connectivity index (χ3n) is 3.14. The molecule has 2 N–H and O–H groups in total. The van der Waals surface area contributed by atoms with Crippen molar-refractivity contribution in [3.8, 4) is 5.75 Å². The average molecular weight is 261 g/mol. The minimum atomic E-state index is -0.117. The van der Waals surface area contributed by atoms with Gasteiger partial charge in [0.2, 0.25) is 0 Å². The van der Waals surface area contributed by atoms with Gasteiger partial charge in [0.05, 0.1) is 18.9 Å². The van der Waals surface area contributed by atoms with Gasteiger partial charge in [0, 0.05) is 19.3 Å². The number of nitrogens with zero attached hydrogens (tertiary/aromatic N) is 1. The van der Waals surface area contributed by atoms with Gasteiger partial charge in [0.1, 0.15) is 5.75 Å². The summed E-state index contributed by atoms with van der Waals surface area (Å²) in [6.07, 6.45) is 7.30. The third-order valence-corrected chi connectivity index (χ3v) is 3.14. The Labute approximate surface area is 113 Å². The maximum Gasteiger partial charge on any atom is 0.255 e. The quantitative estimate of drug-likeness (QED) is 0.780. The summed E-state index contributed by atoms with van der Waals surface area (Å²) in [5.41, 5.74) is 1.93. The lowest BCUT2D eigenvalue weighted by atomic mass is 10.1. The smallest absolute Gasteiger partial charge is 0.255 e. The van der Waals surface area contributed by atoms with Crippen molar-refractivity contribution in [2.45, 2.75) is 12.8 Å². The lowest BCUT2D eigenvalue weighted by Gasteiger charge is -2.14. The van der Waals surface area contributed by atoms with E-state index in [9.17, 15) is 4.79 Å². The zero-order valence-electron chi connectivity index (χ0n) is 11.1. The Bertz CT molecular complexity index is 472. The Morgan fingerprint density at radius 3 is 3.21 bits per heavy atom. The van der Waals surface area contributed by atoms with Gasteiger partial charge in [-0.1, -0.05) is 11.6 Å². The van der Waals surface area contributed by atoms with E-state index in [1.165, 1.54) is 12.7 Å². The minimum absolute atomic E-state index is 0.117. The Morgan fingerprint density at radius 2 is 2.47 bits per heavy atom. The summed E-state index contributed by atoms with van der Waals surface area (Å²) in [4.78, 5) is 15.9. The van der Waals surface area contributed by atoms with Crippen LogP contribution in [0.15, 0.2) is 30.1 Å². The Balaban J connectivity index is 1.85. The summed E-state index contributed by atoms with van der Waals surface area (Å²) in [5.74, 6) is 0.384. The number of carbonyl (C=O) groups excluding carboxylic acids is 1. The molecule has 2 heterocycles. The molecule has 102 valence electrons. The second-order valence-corrected chi connectivity index (χ2v) is 4.40. The molecule has 1 aromatic heterocycles. The molecule has 0 saturated heterocycles. The summed E-state index contributed by atoms with van der Waals surface area (Å²) in [5, 5.41) is 6.18. The van der Waals surface area contributed by atoms with Gasteiger partial charge >= 0.3 is 0 Å². The molecule has 1 aliphatic heterocycles. The number of amides is 1. The number of aromatic nitrogens is 1. The molecule has 0 radical (unpaired) electrons. The summed E-state index contributed by atoms with van der Waals surface area (Å²) in [7, 11) is 1.54. The molecule has 19 heavy (non-hydrogen) atoms. The Kier molecular flexibility index (Phi) is 4.92. The summed E-state index contributed by atoms with van der Waals surface area (Å²) in [6, 6.07) is 1.66. The predicted molar refractivity (Wildman–Crippen MR) is 73.3 cm³/mol. The largest absolute Gasteiger partial charge is 0.494 e. The van der Waals surface area contributed by atoms with Crippen LogP contribution in [0.3, 0.4) is 0 Å². The van der Waals surface area contributed by atoms with Crippen molar-refractivity contribution in [2.24, 2.45) is 0 Å². The molecule has 5 heteroatoms. The molecule has 0 spiro atoms. The molecule has 0 aromatic carbocycles. The highest BCUT2D eigenvalue weighted by molar-refractivity contribution is 5.96. The van der Waals surface area contributed by atoms with Gasteiger partial charge in [-0.3, -0.25) is 9.78 Å². The van der Waals surface area contributed by atoms with Crippen LogP contribution < -0.4 is 15.4 Å². The van der Waals surface area contributed by atoms with E-state index in [4.69, 9.17) is 4.74 Å². The van der Waals surface area contributed by atoms with Crippen molar-refractivity contribution in [3.63, 3.8) is 0 Å². The number of carbonyl (C=O) groups is 1. The first-order valence-electron chi connectivity index (χ1n) is 6.46. The Hall–Kier alpha value is -1.88. The van der Waals surface area contributed by atoms with Gasteiger partial charge in [0.15, 0.2) is 0 Å². The highest BCUT2D eigenvalue weighted by Gasteiger charge is 2.11. The number of pyridine rings is 1. The normalized spacial score (nSPS) is 14.7. The molecular formula is C14H19N3O2. The van der Waals surface area contributed by atoms with Crippen molar-refractivity contribution < 1.29 is 9.53 Å². The highest BCUT2D eigenvalue weighted by Crippen LogP contribution is 2.15. The standard InChI is InChI=1S/C14H19N3O2/c1-19-13-10-16-8-5-12(13)14(18)17-9-4-11-2-6-15-7-3-11/h2,5,8,10,15H,3-4,6-7,9H2,1H3,(H,17,18). The van der Waals surface area contributed by atoms with E-state index in [-0.39, 0.29) is 5.91 Å². The van der Waals surface area contributed by atoms with Crippen molar-refractivity contribution in [2.75, 3.05) is 26.7 Å². The van der Waals surface area contributed by atoms with Crippen LogP contribution >= 0.6 is 0 Å². The van der Waals surface area contributed by atoms with Crippen LogP contribution in [0.5, 0.6) is 5.75 Å². The van der Waals surface area contributed by atoms with E-state index in [1.807, 2.05) is 0 Å². The van der Waals surface area contributed by atoms with E-state index in [2.05, 4.69) is 21.7 Å². The zero-order chi connectivity index (χ0) is 13.5. The molecule has 0 aliphatic carbocycles. The number of hydrogen-bond acceptors (Lipinski definition) is 4. The fourth-order valence-electron chi connectivity index (χ4n) is 2.06. The zero-order valence-corrected chi connectivity index (χ0v) is 11.1. The Morgan fingerprint density at radius 1 is 1.58 bits per heavy atom. The van der Waals surface area contributed by atoms with Crippen molar-refractivity contribution in [1.29, 1.82) is 0 Å². The molecule has 0 unspecified atom stereocenters. The van der Waals surface area contributed by atoms with E-state index in [0.29, 0.717) is 17.9 Å². The second kappa shape index (κ2) is 6.89. The predicted octanol–water partition coefficient (Wildman–Crippen LogP) is 1.13. The lowest BCUT2D eigenvalue weighted by molar-refractivity contribution is 0.0951. The maximum atomic E-state index is 12.0. The molecule has 1 amide bonds. The van der Waals surface area contributed by atoms with Crippen LogP contribution in [0, 0.1) is 0 Å². The number of hydrogen-bond donors (Lipinski definition) is 2. The van der Waals surface area contributed by atoms with Gasteiger partial charge in [-0.25, -0.2) is 0 Å². The average Bonchev–Trinajstić information content (AvgIpc) is 2.48. The fourth-order valence-corrected chi connectivity index (χ4v) is 2.06.